The van der Waals surface area contributed by atoms with Gasteiger partial charge in [-0.2, -0.15) is 0 Å². The van der Waals surface area contributed by atoms with Gasteiger partial charge in [0.15, 0.2) is 6.61 Å². The van der Waals surface area contributed by atoms with Crippen molar-refractivity contribution in [3.63, 3.8) is 0 Å². The minimum atomic E-state index is -3.64. The lowest BCUT2D eigenvalue weighted by atomic mass is 10.1. The van der Waals surface area contributed by atoms with Crippen molar-refractivity contribution >= 4 is 21.6 Å². The number of sulfonamides is 1. The Bertz CT molecular complexity index is 883. The van der Waals surface area contributed by atoms with Crippen molar-refractivity contribution < 1.29 is 17.9 Å². The molecule has 0 bridgehead atoms. The maximum absolute atomic E-state index is 12.7. The quantitative estimate of drug-likeness (QED) is 0.822. The third-order valence-corrected chi connectivity index (χ3v) is 5.56. The molecule has 2 rings (SSSR count). The number of nitrogens with zero attached hydrogens (tertiary/aromatic N) is 1. The highest BCUT2D eigenvalue weighted by Gasteiger charge is 2.21. The predicted octanol–water partition coefficient (Wildman–Crippen LogP) is 3.11. The standard InChI is InChI=1S/C20H26N2O4S/c1-15-6-12-18(13-7-15)27(24,25)22(5)16-8-10-17(11-9-16)26-14-19(23)21-20(2,3)4/h6-13H,14H2,1-5H3,(H,21,23). The third kappa shape index (κ3) is 5.72. The van der Waals surface area contributed by atoms with E-state index in [9.17, 15) is 13.2 Å². The normalized spacial score (nSPS) is 11.7. The molecule has 0 fully saturated rings. The molecule has 0 aliphatic rings. The summed E-state index contributed by atoms with van der Waals surface area (Å²) in [5.74, 6) is 0.273. The molecule has 27 heavy (non-hydrogen) atoms. The minimum absolute atomic E-state index is 0.103. The fraction of sp³-hybridized carbons (Fsp3) is 0.350. The van der Waals surface area contributed by atoms with E-state index in [-0.39, 0.29) is 22.9 Å². The zero-order valence-electron chi connectivity index (χ0n) is 16.3. The Labute approximate surface area is 161 Å². The monoisotopic (exact) mass is 390 g/mol. The van der Waals surface area contributed by atoms with Crippen molar-refractivity contribution in [2.75, 3.05) is 18.0 Å². The Morgan fingerprint density at radius 3 is 2.11 bits per heavy atom. The predicted molar refractivity (Wildman–Crippen MR) is 107 cm³/mol. The van der Waals surface area contributed by atoms with Gasteiger partial charge in [-0.05, 0) is 64.1 Å². The van der Waals surface area contributed by atoms with E-state index >= 15 is 0 Å². The number of nitrogens with one attached hydrogen (secondary N) is 1. The van der Waals surface area contributed by atoms with E-state index in [0.717, 1.165) is 5.56 Å². The summed E-state index contributed by atoms with van der Waals surface area (Å²) in [6, 6.07) is 13.3. The molecule has 2 aromatic rings. The van der Waals surface area contributed by atoms with E-state index in [1.807, 2.05) is 27.7 Å². The second kappa shape index (κ2) is 8.00. The summed E-state index contributed by atoms with van der Waals surface area (Å²) in [5.41, 5.74) is 1.17. The number of aryl methyl sites for hydroxylation is 1. The summed E-state index contributed by atoms with van der Waals surface area (Å²) in [7, 11) is -2.14. The fourth-order valence-electron chi connectivity index (χ4n) is 2.36. The van der Waals surface area contributed by atoms with E-state index in [1.54, 1.807) is 48.5 Å². The van der Waals surface area contributed by atoms with Crippen LogP contribution in [-0.4, -0.2) is 33.5 Å². The van der Waals surface area contributed by atoms with Gasteiger partial charge in [-0.3, -0.25) is 9.10 Å². The van der Waals surface area contributed by atoms with Crippen LogP contribution in [0.4, 0.5) is 5.69 Å². The van der Waals surface area contributed by atoms with E-state index < -0.39 is 10.0 Å². The molecule has 0 atom stereocenters. The van der Waals surface area contributed by atoms with Crippen molar-refractivity contribution in [1.29, 1.82) is 0 Å². The van der Waals surface area contributed by atoms with Crippen LogP contribution in [0.3, 0.4) is 0 Å². The Balaban J connectivity index is 2.05. The summed E-state index contributed by atoms with van der Waals surface area (Å²) >= 11 is 0. The number of carbonyl (C=O) groups excluding carboxylic acids is 1. The van der Waals surface area contributed by atoms with Gasteiger partial charge in [-0.25, -0.2) is 8.42 Å². The molecule has 0 aliphatic heterocycles. The van der Waals surface area contributed by atoms with Crippen molar-refractivity contribution in [2.45, 2.75) is 38.1 Å². The largest absolute Gasteiger partial charge is 0.484 e. The van der Waals surface area contributed by atoms with Crippen molar-refractivity contribution in [3.8, 4) is 5.75 Å². The fourth-order valence-corrected chi connectivity index (χ4v) is 3.56. The molecular formula is C20H26N2O4S. The van der Waals surface area contributed by atoms with Gasteiger partial charge < -0.3 is 10.1 Å². The zero-order valence-corrected chi connectivity index (χ0v) is 17.1. The van der Waals surface area contributed by atoms with Gasteiger partial charge in [0.1, 0.15) is 5.75 Å². The van der Waals surface area contributed by atoms with Crippen molar-refractivity contribution in [3.05, 3.63) is 54.1 Å². The molecule has 146 valence electrons. The molecule has 1 amide bonds. The molecule has 7 heteroatoms. The lowest BCUT2D eigenvalue weighted by Crippen LogP contribution is -2.43. The number of anilines is 1. The van der Waals surface area contributed by atoms with E-state index in [4.69, 9.17) is 4.74 Å². The molecule has 0 aromatic heterocycles. The van der Waals surface area contributed by atoms with Crippen LogP contribution in [0.1, 0.15) is 26.3 Å². The van der Waals surface area contributed by atoms with Crippen LogP contribution < -0.4 is 14.4 Å². The second-order valence-electron chi connectivity index (χ2n) is 7.37. The zero-order chi connectivity index (χ0) is 20.2. The summed E-state index contributed by atoms with van der Waals surface area (Å²) in [5, 5.41) is 2.81. The molecule has 0 radical (unpaired) electrons. The first kappa shape index (κ1) is 20.8. The Kier molecular flexibility index (Phi) is 6.15. The van der Waals surface area contributed by atoms with Gasteiger partial charge >= 0.3 is 0 Å². The number of hydrogen-bond donors (Lipinski definition) is 1. The third-order valence-electron chi connectivity index (χ3n) is 3.76. The first-order valence-electron chi connectivity index (χ1n) is 8.58. The summed E-state index contributed by atoms with van der Waals surface area (Å²) in [4.78, 5) is 12.0. The lowest BCUT2D eigenvalue weighted by molar-refractivity contribution is -0.124. The molecule has 0 spiro atoms. The molecule has 0 saturated carbocycles. The highest BCUT2D eigenvalue weighted by atomic mass is 32.2. The first-order valence-corrected chi connectivity index (χ1v) is 10.0. The second-order valence-corrected chi connectivity index (χ2v) is 9.34. The van der Waals surface area contributed by atoms with Crippen molar-refractivity contribution in [2.24, 2.45) is 0 Å². The van der Waals surface area contributed by atoms with Crippen LogP contribution >= 0.6 is 0 Å². The van der Waals surface area contributed by atoms with Crippen LogP contribution in [0.2, 0.25) is 0 Å². The van der Waals surface area contributed by atoms with Crippen LogP contribution in [0.5, 0.6) is 5.75 Å². The minimum Gasteiger partial charge on any atom is -0.484 e. The number of ether oxygens (including phenoxy) is 1. The molecule has 0 saturated heterocycles. The first-order chi connectivity index (χ1) is 12.5. The highest BCUT2D eigenvalue weighted by Crippen LogP contribution is 2.24. The van der Waals surface area contributed by atoms with Crippen LogP contribution in [0.25, 0.3) is 0 Å². The molecule has 1 N–H and O–H groups in total. The molecule has 0 unspecified atom stereocenters. The topological polar surface area (TPSA) is 75.7 Å². The summed E-state index contributed by atoms with van der Waals surface area (Å²) < 4.78 is 32.1. The van der Waals surface area contributed by atoms with Gasteiger partial charge in [-0.15, -0.1) is 0 Å². The Hall–Kier alpha value is -2.54. The number of carbonyl (C=O) groups is 1. The van der Waals surface area contributed by atoms with E-state index in [0.29, 0.717) is 11.4 Å². The highest BCUT2D eigenvalue weighted by molar-refractivity contribution is 7.92. The summed E-state index contributed by atoms with van der Waals surface area (Å²) in [6.45, 7) is 7.48. The van der Waals surface area contributed by atoms with Gasteiger partial charge in [0, 0.05) is 12.6 Å². The van der Waals surface area contributed by atoms with Gasteiger partial charge in [0.05, 0.1) is 10.6 Å². The lowest BCUT2D eigenvalue weighted by Gasteiger charge is -2.21. The van der Waals surface area contributed by atoms with E-state index in [1.165, 1.54) is 11.4 Å². The number of hydrogen-bond acceptors (Lipinski definition) is 4. The summed E-state index contributed by atoms with van der Waals surface area (Å²) in [6.07, 6.45) is 0. The Morgan fingerprint density at radius 1 is 1.04 bits per heavy atom. The molecule has 2 aromatic carbocycles. The van der Waals surface area contributed by atoms with Gasteiger partial charge in [0.2, 0.25) is 0 Å². The van der Waals surface area contributed by atoms with Crippen LogP contribution in [0, 0.1) is 6.92 Å². The maximum Gasteiger partial charge on any atom is 0.264 e. The molecule has 0 heterocycles. The number of amides is 1. The molecule has 0 aliphatic carbocycles. The number of rotatable bonds is 6. The van der Waals surface area contributed by atoms with E-state index in [2.05, 4.69) is 5.32 Å². The van der Waals surface area contributed by atoms with Gasteiger partial charge in [-0.1, -0.05) is 17.7 Å². The van der Waals surface area contributed by atoms with Crippen LogP contribution in [0.15, 0.2) is 53.4 Å². The molecule has 6 nitrogen and oxygen atoms in total. The Morgan fingerprint density at radius 2 is 1.59 bits per heavy atom. The van der Waals surface area contributed by atoms with Crippen molar-refractivity contribution in [1.82, 2.24) is 5.32 Å². The SMILES string of the molecule is Cc1ccc(S(=O)(=O)N(C)c2ccc(OCC(=O)NC(C)(C)C)cc2)cc1. The average molecular weight is 391 g/mol. The smallest absolute Gasteiger partial charge is 0.264 e. The van der Waals surface area contributed by atoms with Crippen LogP contribution in [-0.2, 0) is 14.8 Å². The maximum atomic E-state index is 12.7. The number of benzene rings is 2. The average Bonchev–Trinajstić information content (AvgIpc) is 2.58. The molecular weight excluding hydrogens is 364 g/mol. The van der Waals surface area contributed by atoms with Gasteiger partial charge in [0.25, 0.3) is 15.9 Å².